The molecule has 2 unspecified atom stereocenters. The number of piperidine rings is 1. The summed E-state index contributed by atoms with van der Waals surface area (Å²) in [6.07, 6.45) is 2.40. The van der Waals surface area contributed by atoms with Crippen LogP contribution in [0.4, 0.5) is 0 Å². The lowest BCUT2D eigenvalue weighted by atomic mass is 10.1. The average Bonchev–Trinajstić information content (AvgIpc) is 2.90. The van der Waals surface area contributed by atoms with Crippen LogP contribution in [0.2, 0.25) is 0 Å². The lowest BCUT2D eigenvalue weighted by molar-refractivity contribution is -0.142. The van der Waals surface area contributed by atoms with Crippen molar-refractivity contribution in [3.63, 3.8) is 0 Å². The Balaban J connectivity index is 2.04. The molecule has 1 aromatic heterocycles. The minimum Gasteiger partial charge on any atom is -0.480 e. The van der Waals surface area contributed by atoms with Crippen molar-refractivity contribution in [2.75, 3.05) is 6.54 Å². The lowest BCUT2D eigenvalue weighted by Crippen LogP contribution is -2.53. The second-order valence-electron chi connectivity index (χ2n) is 5.32. The molecule has 0 saturated carbocycles. The van der Waals surface area contributed by atoms with Crippen LogP contribution in [-0.4, -0.2) is 42.4 Å². The van der Waals surface area contributed by atoms with Crippen LogP contribution in [-0.2, 0) is 21.4 Å². The predicted octanol–water partition coefficient (Wildman–Crippen LogP) is 1.45. The molecule has 2 rings (SSSR count). The smallest absolute Gasteiger partial charge is 0.322 e. The van der Waals surface area contributed by atoms with E-state index in [2.05, 4.69) is 4.72 Å². The largest absolute Gasteiger partial charge is 0.480 e. The molecule has 1 aliphatic heterocycles. The summed E-state index contributed by atoms with van der Waals surface area (Å²) in [5.74, 6) is -1.08. The van der Waals surface area contributed by atoms with Crippen molar-refractivity contribution in [3.8, 4) is 0 Å². The zero-order valence-electron chi connectivity index (χ0n) is 11.9. The van der Waals surface area contributed by atoms with Gasteiger partial charge in [0, 0.05) is 12.6 Å². The van der Waals surface area contributed by atoms with Gasteiger partial charge < -0.3 is 5.11 Å². The maximum atomic E-state index is 12.4. The van der Waals surface area contributed by atoms with Gasteiger partial charge in [0.15, 0.2) is 0 Å². The average molecular weight is 332 g/mol. The number of hydrogen-bond donors (Lipinski definition) is 2. The van der Waals surface area contributed by atoms with E-state index in [0.29, 0.717) is 19.3 Å². The number of thiophene rings is 1. The fourth-order valence-corrected chi connectivity index (χ4v) is 4.87. The summed E-state index contributed by atoms with van der Waals surface area (Å²) in [7, 11) is -3.77. The quantitative estimate of drug-likeness (QED) is 0.825. The van der Waals surface area contributed by atoms with E-state index in [9.17, 15) is 18.3 Å². The lowest BCUT2D eigenvalue weighted by Gasteiger charge is -2.32. The zero-order valence-corrected chi connectivity index (χ0v) is 13.5. The Hall–Kier alpha value is -0.960. The van der Waals surface area contributed by atoms with Crippen LogP contribution in [0.3, 0.4) is 0 Å². The molecule has 1 aromatic rings. The Bertz CT molecular complexity index is 571. The molecule has 0 amide bonds. The minimum absolute atomic E-state index is 0.261. The monoisotopic (exact) mass is 332 g/mol. The van der Waals surface area contributed by atoms with Crippen molar-refractivity contribution in [2.45, 2.75) is 44.7 Å². The van der Waals surface area contributed by atoms with E-state index in [1.807, 2.05) is 16.8 Å². The van der Waals surface area contributed by atoms with Crippen LogP contribution >= 0.6 is 11.3 Å². The van der Waals surface area contributed by atoms with E-state index in [1.165, 1.54) is 0 Å². The number of carbonyl (C=O) groups is 1. The topological polar surface area (TPSA) is 86.7 Å². The van der Waals surface area contributed by atoms with E-state index < -0.39 is 22.2 Å². The molecule has 0 aromatic carbocycles. The number of carboxylic acids is 1. The SMILES string of the molecule is CC(Cc1ccsc1)NS(=O)(=O)N1CCCCC1C(=O)O. The highest BCUT2D eigenvalue weighted by atomic mass is 32.2. The van der Waals surface area contributed by atoms with Gasteiger partial charge in [-0.15, -0.1) is 0 Å². The number of aliphatic carboxylic acids is 1. The summed E-state index contributed by atoms with van der Waals surface area (Å²) in [6, 6.07) is 0.724. The normalized spacial score (nSPS) is 22.0. The van der Waals surface area contributed by atoms with E-state index in [-0.39, 0.29) is 12.6 Å². The molecule has 0 aliphatic carbocycles. The van der Waals surface area contributed by atoms with Gasteiger partial charge in [0.1, 0.15) is 6.04 Å². The first-order chi connectivity index (χ1) is 9.90. The second-order valence-corrected chi connectivity index (χ2v) is 7.76. The molecule has 1 fully saturated rings. The highest BCUT2D eigenvalue weighted by Crippen LogP contribution is 2.20. The molecule has 0 bridgehead atoms. The summed E-state index contributed by atoms with van der Waals surface area (Å²) in [5.41, 5.74) is 1.07. The molecule has 118 valence electrons. The standard InChI is InChI=1S/C13H20N2O4S2/c1-10(8-11-5-7-20-9-11)14-21(18,19)15-6-3-2-4-12(15)13(16)17/h5,7,9-10,12,14H,2-4,6,8H2,1H3,(H,16,17). The van der Waals surface area contributed by atoms with Crippen LogP contribution in [0.25, 0.3) is 0 Å². The molecule has 0 radical (unpaired) electrons. The van der Waals surface area contributed by atoms with Crippen molar-refractivity contribution >= 4 is 27.5 Å². The molecule has 0 spiro atoms. The third-order valence-corrected chi connectivity index (χ3v) is 6.01. The number of nitrogens with one attached hydrogen (secondary N) is 1. The van der Waals surface area contributed by atoms with Gasteiger partial charge >= 0.3 is 5.97 Å². The van der Waals surface area contributed by atoms with Gasteiger partial charge in [0.25, 0.3) is 10.2 Å². The molecule has 2 atom stereocenters. The Morgan fingerprint density at radius 2 is 2.33 bits per heavy atom. The molecular formula is C13H20N2O4S2. The summed E-state index contributed by atoms with van der Waals surface area (Å²) in [5, 5.41) is 13.1. The minimum atomic E-state index is -3.77. The Morgan fingerprint density at radius 3 is 2.95 bits per heavy atom. The van der Waals surface area contributed by atoms with Gasteiger partial charge in [0.2, 0.25) is 0 Å². The van der Waals surface area contributed by atoms with Crippen molar-refractivity contribution in [2.24, 2.45) is 0 Å². The number of carboxylic acid groups (broad SMARTS) is 1. The van der Waals surface area contributed by atoms with Crippen LogP contribution in [0.1, 0.15) is 31.7 Å². The third-order valence-electron chi connectivity index (χ3n) is 3.52. The van der Waals surface area contributed by atoms with Gasteiger partial charge in [-0.3, -0.25) is 4.79 Å². The van der Waals surface area contributed by atoms with Crippen molar-refractivity contribution < 1.29 is 18.3 Å². The first-order valence-corrected chi connectivity index (χ1v) is 9.31. The Morgan fingerprint density at radius 1 is 1.57 bits per heavy atom. The van der Waals surface area contributed by atoms with Crippen LogP contribution in [0.5, 0.6) is 0 Å². The highest BCUT2D eigenvalue weighted by Gasteiger charge is 2.37. The third kappa shape index (κ3) is 4.26. The van der Waals surface area contributed by atoms with Crippen LogP contribution < -0.4 is 4.72 Å². The Labute approximate surface area is 129 Å². The maximum absolute atomic E-state index is 12.4. The molecular weight excluding hydrogens is 312 g/mol. The molecule has 1 aliphatic rings. The molecule has 2 heterocycles. The fraction of sp³-hybridized carbons (Fsp3) is 0.615. The van der Waals surface area contributed by atoms with Crippen molar-refractivity contribution in [1.29, 1.82) is 0 Å². The van der Waals surface area contributed by atoms with Crippen molar-refractivity contribution in [1.82, 2.24) is 9.03 Å². The van der Waals surface area contributed by atoms with E-state index in [1.54, 1.807) is 18.3 Å². The summed E-state index contributed by atoms with van der Waals surface area (Å²) in [4.78, 5) is 11.2. The van der Waals surface area contributed by atoms with E-state index >= 15 is 0 Å². The summed E-state index contributed by atoms with van der Waals surface area (Å²) >= 11 is 1.57. The molecule has 6 nitrogen and oxygen atoms in total. The molecule has 2 N–H and O–H groups in total. The first kappa shape index (κ1) is 16.4. The van der Waals surface area contributed by atoms with Gasteiger partial charge in [-0.1, -0.05) is 0 Å². The molecule has 8 heteroatoms. The van der Waals surface area contributed by atoms with Gasteiger partial charge in [-0.2, -0.15) is 28.8 Å². The van der Waals surface area contributed by atoms with Crippen LogP contribution in [0.15, 0.2) is 16.8 Å². The molecule has 1 saturated heterocycles. The summed E-state index contributed by atoms with van der Waals surface area (Å²) < 4.78 is 28.5. The second kappa shape index (κ2) is 6.87. The highest BCUT2D eigenvalue weighted by molar-refractivity contribution is 7.87. The fourth-order valence-electron chi connectivity index (χ4n) is 2.57. The molecule has 21 heavy (non-hydrogen) atoms. The predicted molar refractivity (Wildman–Crippen MR) is 81.5 cm³/mol. The van der Waals surface area contributed by atoms with Gasteiger partial charge in [-0.05, 0) is 55.0 Å². The summed E-state index contributed by atoms with van der Waals surface area (Å²) in [6.45, 7) is 2.05. The zero-order chi connectivity index (χ0) is 15.5. The van der Waals surface area contributed by atoms with E-state index in [0.717, 1.165) is 16.3 Å². The number of nitrogens with zero attached hydrogens (tertiary/aromatic N) is 1. The van der Waals surface area contributed by atoms with Gasteiger partial charge in [-0.25, -0.2) is 0 Å². The Kier molecular flexibility index (Phi) is 5.37. The maximum Gasteiger partial charge on any atom is 0.322 e. The van der Waals surface area contributed by atoms with Crippen LogP contribution in [0, 0.1) is 0 Å². The number of rotatable bonds is 6. The number of hydrogen-bond acceptors (Lipinski definition) is 4. The van der Waals surface area contributed by atoms with Gasteiger partial charge in [0.05, 0.1) is 0 Å². The van der Waals surface area contributed by atoms with Crippen molar-refractivity contribution in [3.05, 3.63) is 22.4 Å². The van der Waals surface area contributed by atoms with E-state index in [4.69, 9.17) is 0 Å². The first-order valence-electron chi connectivity index (χ1n) is 6.93.